The van der Waals surface area contributed by atoms with Crippen LogP contribution in [0.25, 0.3) is 0 Å². The molecule has 1 rings (SSSR count). The molecule has 0 radical (unpaired) electrons. The first-order chi connectivity index (χ1) is 5.04. The maximum atomic E-state index is 10.9. The predicted molar refractivity (Wildman–Crippen MR) is 42.7 cm³/mol. The minimum Gasteiger partial charge on any atom is -0.594 e. The Kier molecular flexibility index (Phi) is 2.20. The molecule has 0 aliphatic carbocycles. The van der Waals surface area contributed by atoms with Gasteiger partial charge in [-0.25, -0.2) is 0 Å². The van der Waals surface area contributed by atoms with E-state index in [2.05, 4.69) is 5.10 Å². The molecule has 0 N–H and O–H groups in total. The summed E-state index contributed by atoms with van der Waals surface area (Å²) in [6, 6.07) is 0. The standard InChI is InChI=1S/C6H6Cl2N2O/c1-3-5(7)6(8)4(2)10(11)9-3/h1-2H3. The molecule has 0 aromatic carbocycles. The summed E-state index contributed by atoms with van der Waals surface area (Å²) in [7, 11) is 0. The number of hydrogen-bond donors (Lipinski definition) is 0. The van der Waals surface area contributed by atoms with Gasteiger partial charge in [0.15, 0.2) is 0 Å². The normalized spacial score (nSPS) is 10.2. The van der Waals surface area contributed by atoms with Gasteiger partial charge in [0.05, 0.1) is 5.02 Å². The van der Waals surface area contributed by atoms with Crippen LogP contribution < -0.4 is 4.85 Å². The SMILES string of the molecule is Cc1n[n+]([O-])c(C)c(Cl)c1Cl. The molecular weight excluding hydrogens is 187 g/mol. The number of aromatic nitrogens is 2. The molecule has 11 heavy (non-hydrogen) atoms. The van der Waals surface area contributed by atoms with Crippen molar-refractivity contribution in [1.29, 1.82) is 0 Å². The number of rotatable bonds is 0. The smallest absolute Gasteiger partial charge is 0.238 e. The van der Waals surface area contributed by atoms with E-state index in [0.717, 1.165) is 0 Å². The van der Waals surface area contributed by atoms with Gasteiger partial charge < -0.3 is 5.21 Å². The van der Waals surface area contributed by atoms with Crippen molar-refractivity contribution in [2.45, 2.75) is 13.8 Å². The Labute approximate surface area is 74.1 Å². The van der Waals surface area contributed by atoms with Gasteiger partial charge in [0.25, 0.3) is 0 Å². The zero-order valence-corrected chi connectivity index (χ0v) is 7.57. The first kappa shape index (κ1) is 8.56. The Balaban J connectivity index is 3.46. The van der Waals surface area contributed by atoms with E-state index in [4.69, 9.17) is 23.2 Å². The largest absolute Gasteiger partial charge is 0.594 e. The second-order valence-corrected chi connectivity index (χ2v) is 2.93. The number of halogens is 2. The van der Waals surface area contributed by atoms with Crippen molar-refractivity contribution < 1.29 is 4.85 Å². The van der Waals surface area contributed by atoms with Crippen LogP contribution in [0.4, 0.5) is 0 Å². The lowest BCUT2D eigenvalue weighted by molar-refractivity contribution is -0.675. The van der Waals surface area contributed by atoms with Gasteiger partial charge in [-0.3, -0.25) is 0 Å². The molecule has 60 valence electrons. The lowest BCUT2D eigenvalue weighted by Gasteiger charge is -2.02. The van der Waals surface area contributed by atoms with Crippen molar-refractivity contribution in [2.24, 2.45) is 0 Å². The molecule has 0 amide bonds. The van der Waals surface area contributed by atoms with Crippen LogP contribution in [0.15, 0.2) is 0 Å². The minimum absolute atomic E-state index is 0.272. The molecule has 0 saturated carbocycles. The van der Waals surface area contributed by atoms with Crippen molar-refractivity contribution in [3.63, 3.8) is 0 Å². The highest BCUT2D eigenvalue weighted by atomic mass is 35.5. The van der Waals surface area contributed by atoms with Crippen molar-refractivity contribution >= 4 is 23.2 Å². The Morgan fingerprint density at radius 3 is 2.36 bits per heavy atom. The molecule has 0 spiro atoms. The van der Waals surface area contributed by atoms with Crippen LogP contribution in [0.3, 0.4) is 0 Å². The summed E-state index contributed by atoms with van der Waals surface area (Å²) in [5.74, 6) is 0. The lowest BCUT2D eigenvalue weighted by atomic mass is 10.3. The number of aryl methyl sites for hydroxylation is 1. The van der Waals surface area contributed by atoms with Crippen LogP contribution in [-0.4, -0.2) is 5.10 Å². The van der Waals surface area contributed by atoms with Crippen molar-refractivity contribution in [3.8, 4) is 0 Å². The van der Waals surface area contributed by atoms with Crippen LogP contribution >= 0.6 is 23.2 Å². The average Bonchev–Trinajstić information content (AvgIpc) is 1.97. The first-order valence-corrected chi connectivity index (χ1v) is 3.71. The van der Waals surface area contributed by atoms with Crippen LogP contribution in [0.1, 0.15) is 11.4 Å². The Morgan fingerprint density at radius 2 is 1.82 bits per heavy atom. The zero-order chi connectivity index (χ0) is 8.59. The molecule has 0 fully saturated rings. The quantitative estimate of drug-likeness (QED) is 0.464. The van der Waals surface area contributed by atoms with E-state index < -0.39 is 0 Å². The second-order valence-electron chi connectivity index (χ2n) is 2.17. The minimum atomic E-state index is 0.272. The maximum Gasteiger partial charge on any atom is 0.238 e. The van der Waals surface area contributed by atoms with Crippen molar-refractivity contribution in [2.75, 3.05) is 0 Å². The van der Waals surface area contributed by atoms with Crippen LogP contribution in [-0.2, 0) is 0 Å². The van der Waals surface area contributed by atoms with Gasteiger partial charge in [0, 0.05) is 12.0 Å². The van der Waals surface area contributed by atoms with E-state index >= 15 is 0 Å². The van der Waals surface area contributed by atoms with Crippen molar-refractivity contribution in [3.05, 3.63) is 26.6 Å². The van der Waals surface area contributed by atoms with Gasteiger partial charge in [0.1, 0.15) is 10.7 Å². The molecule has 1 aromatic heterocycles. The van der Waals surface area contributed by atoms with Crippen molar-refractivity contribution in [1.82, 2.24) is 5.10 Å². The summed E-state index contributed by atoms with van der Waals surface area (Å²) in [6.07, 6.45) is 0. The molecule has 0 atom stereocenters. The maximum absolute atomic E-state index is 10.9. The third-order valence-corrected chi connectivity index (χ3v) is 2.38. The molecule has 0 saturated heterocycles. The van der Waals surface area contributed by atoms with Gasteiger partial charge in [-0.1, -0.05) is 28.0 Å². The third kappa shape index (κ3) is 1.39. The van der Waals surface area contributed by atoms with Crippen LogP contribution in [0, 0.1) is 19.1 Å². The van der Waals surface area contributed by atoms with Crippen LogP contribution in [0.5, 0.6) is 0 Å². The van der Waals surface area contributed by atoms with E-state index in [-0.39, 0.29) is 5.02 Å². The molecule has 0 unspecified atom stereocenters. The summed E-state index contributed by atoms with van der Waals surface area (Å²) < 4.78 is 0. The summed E-state index contributed by atoms with van der Waals surface area (Å²) in [5.41, 5.74) is 0.763. The Bertz CT molecular complexity index is 275. The van der Waals surface area contributed by atoms with Crippen LogP contribution in [0.2, 0.25) is 10.0 Å². The summed E-state index contributed by atoms with van der Waals surface area (Å²) in [6.45, 7) is 3.19. The molecular formula is C6H6Cl2N2O. The molecule has 0 bridgehead atoms. The molecule has 0 aliphatic rings. The van der Waals surface area contributed by atoms with E-state index in [0.29, 0.717) is 21.3 Å². The summed E-state index contributed by atoms with van der Waals surface area (Å²) >= 11 is 11.4. The third-order valence-electron chi connectivity index (χ3n) is 1.36. The monoisotopic (exact) mass is 192 g/mol. The van der Waals surface area contributed by atoms with Gasteiger partial charge in [0.2, 0.25) is 5.69 Å². The number of nitrogens with zero attached hydrogens (tertiary/aromatic N) is 2. The summed E-state index contributed by atoms with van der Waals surface area (Å²) in [4.78, 5) is 0.462. The fraction of sp³-hybridized carbons (Fsp3) is 0.333. The van der Waals surface area contributed by atoms with E-state index in [1.165, 1.54) is 0 Å². The van der Waals surface area contributed by atoms with E-state index in [9.17, 15) is 5.21 Å². The Morgan fingerprint density at radius 1 is 1.27 bits per heavy atom. The first-order valence-electron chi connectivity index (χ1n) is 2.96. The fourth-order valence-corrected chi connectivity index (χ4v) is 1.04. The topological polar surface area (TPSA) is 39.8 Å². The zero-order valence-electron chi connectivity index (χ0n) is 6.06. The second kappa shape index (κ2) is 2.83. The molecule has 1 heterocycles. The average molecular weight is 193 g/mol. The van der Waals surface area contributed by atoms with Gasteiger partial charge in [-0.2, -0.15) is 0 Å². The van der Waals surface area contributed by atoms with E-state index in [1.807, 2.05) is 0 Å². The lowest BCUT2D eigenvalue weighted by Crippen LogP contribution is -2.35. The highest BCUT2D eigenvalue weighted by Crippen LogP contribution is 2.24. The molecule has 5 heteroatoms. The highest BCUT2D eigenvalue weighted by Gasteiger charge is 2.14. The Hall–Kier alpha value is -0.540. The predicted octanol–water partition coefficient (Wildman–Crippen LogP) is 1.64. The number of hydrogen-bond acceptors (Lipinski definition) is 2. The summed E-state index contributed by atoms with van der Waals surface area (Å²) in [5, 5.41) is 15.1. The highest BCUT2D eigenvalue weighted by molar-refractivity contribution is 6.42. The molecule has 3 nitrogen and oxygen atoms in total. The van der Waals surface area contributed by atoms with Gasteiger partial charge in [-0.15, -0.1) is 0 Å². The molecule has 1 aromatic rings. The fourth-order valence-electron chi connectivity index (χ4n) is 0.657. The van der Waals surface area contributed by atoms with E-state index in [1.54, 1.807) is 13.8 Å². The molecule has 0 aliphatic heterocycles. The van der Waals surface area contributed by atoms with Gasteiger partial charge in [-0.05, 0) is 6.92 Å². The van der Waals surface area contributed by atoms with Gasteiger partial charge >= 0.3 is 0 Å².